The summed E-state index contributed by atoms with van der Waals surface area (Å²) in [6, 6.07) is 14.5. The van der Waals surface area contributed by atoms with E-state index in [0.29, 0.717) is 52.1 Å². The fourth-order valence-electron chi connectivity index (χ4n) is 3.43. The minimum Gasteiger partial charge on any atom is -0.493 e. The van der Waals surface area contributed by atoms with E-state index in [0.717, 1.165) is 11.8 Å². The first-order valence-electron chi connectivity index (χ1n) is 12.2. The van der Waals surface area contributed by atoms with Gasteiger partial charge in [0.2, 0.25) is 18.2 Å². The van der Waals surface area contributed by atoms with Gasteiger partial charge in [-0.2, -0.15) is 0 Å². The number of ether oxygens (including phenoxy) is 3. The zero-order valence-corrected chi connectivity index (χ0v) is 22.4. The summed E-state index contributed by atoms with van der Waals surface area (Å²) in [6.45, 7) is 5.71. The zero-order chi connectivity index (χ0) is 28.4. The molecule has 1 unspecified atom stereocenters. The Kier molecular flexibility index (Phi) is 10.1. The highest BCUT2D eigenvalue weighted by Crippen LogP contribution is 2.36. The van der Waals surface area contributed by atoms with Crippen molar-refractivity contribution in [3.05, 3.63) is 72.3 Å². The van der Waals surface area contributed by atoms with Crippen molar-refractivity contribution in [3.63, 3.8) is 0 Å². The molecule has 1 atom stereocenters. The number of hydrogen-bond acceptors (Lipinski definition) is 7. The van der Waals surface area contributed by atoms with Crippen LogP contribution in [0.5, 0.6) is 23.1 Å². The SMILES string of the molecule is CCC(C)C(=O)Nc1ccc(Oc2ccnc3cc(OC)c(OC)cc23)nc1C.O=CNc1ccc(F)cc1. The van der Waals surface area contributed by atoms with Crippen LogP contribution in [0.3, 0.4) is 0 Å². The summed E-state index contributed by atoms with van der Waals surface area (Å²) in [4.78, 5) is 30.8. The van der Waals surface area contributed by atoms with E-state index in [1.807, 2.05) is 26.8 Å². The second kappa shape index (κ2) is 13.7. The van der Waals surface area contributed by atoms with Crippen molar-refractivity contribution in [2.45, 2.75) is 27.2 Å². The molecule has 2 aromatic carbocycles. The van der Waals surface area contributed by atoms with Crippen LogP contribution in [0.15, 0.2) is 60.8 Å². The van der Waals surface area contributed by atoms with Crippen LogP contribution in [0.2, 0.25) is 0 Å². The van der Waals surface area contributed by atoms with Gasteiger partial charge >= 0.3 is 0 Å². The number of benzene rings is 2. The fourth-order valence-corrected chi connectivity index (χ4v) is 3.43. The van der Waals surface area contributed by atoms with Crippen LogP contribution in [0.25, 0.3) is 10.9 Å². The molecule has 4 aromatic rings. The molecule has 0 radical (unpaired) electrons. The van der Waals surface area contributed by atoms with Gasteiger partial charge in [0.1, 0.15) is 11.6 Å². The Balaban J connectivity index is 0.000000353. The molecule has 0 spiro atoms. The molecular formula is C29H31FN4O5. The van der Waals surface area contributed by atoms with Crippen molar-refractivity contribution in [2.24, 2.45) is 5.92 Å². The molecule has 9 nitrogen and oxygen atoms in total. The highest BCUT2D eigenvalue weighted by Gasteiger charge is 2.14. The number of hydrogen-bond donors (Lipinski definition) is 2. The molecule has 204 valence electrons. The van der Waals surface area contributed by atoms with Crippen LogP contribution in [0.1, 0.15) is 26.0 Å². The highest BCUT2D eigenvalue weighted by molar-refractivity contribution is 5.93. The van der Waals surface area contributed by atoms with E-state index in [2.05, 4.69) is 20.6 Å². The van der Waals surface area contributed by atoms with Gasteiger partial charge in [-0.15, -0.1) is 0 Å². The van der Waals surface area contributed by atoms with Crippen LogP contribution in [0.4, 0.5) is 15.8 Å². The Morgan fingerprint density at radius 1 is 1.03 bits per heavy atom. The molecular weight excluding hydrogens is 503 g/mol. The van der Waals surface area contributed by atoms with E-state index < -0.39 is 0 Å². The van der Waals surface area contributed by atoms with Crippen LogP contribution >= 0.6 is 0 Å². The van der Waals surface area contributed by atoms with E-state index >= 15 is 0 Å². The maximum Gasteiger partial charge on any atom is 0.227 e. The van der Waals surface area contributed by atoms with Gasteiger partial charge in [0, 0.05) is 35.3 Å². The second-order valence-corrected chi connectivity index (χ2v) is 8.49. The number of nitrogens with zero attached hydrogens (tertiary/aromatic N) is 2. The van der Waals surface area contributed by atoms with Gasteiger partial charge in [-0.3, -0.25) is 14.6 Å². The standard InChI is InChI=1S/C22H25N3O4.C7H6FNO/c1-6-13(2)22(26)25-16-7-8-21(24-14(16)3)29-18-9-10-23-17-12-20(28-5)19(27-4)11-15(17)18;8-6-1-3-7(4-2-6)9-5-10/h7-13H,6H2,1-5H3,(H,25,26);1-5H,(H,9,10). The zero-order valence-electron chi connectivity index (χ0n) is 22.4. The maximum absolute atomic E-state index is 12.2. The summed E-state index contributed by atoms with van der Waals surface area (Å²) in [7, 11) is 3.16. The lowest BCUT2D eigenvalue weighted by Crippen LogP contribution is -2.20. The van der Waals surface area contributed by atoms with Gasteiger partial charge in [0.15, 0.2) is 11.5 Å². The lowest BCUT2D eigenvalue weighted by Gasteiger charge is -2.14. The molecule has 0 aliphatic rings. The molecule has 2 amide bonds. The Labute approximate surface area is 226 Å². The maximum atomic E-state index is 12.2. The van der Waals surface area contributed by atoms with Crippen LogP contribution in [-0.4, -0.2) is 36.5 Å². The Bertz CT molecular complexity index is 1430. The van der Waals surface area contributed by atoms with E-state index in [4.69, 9.17) is 14.2 Å². The summed E-state index contributed by atoms with van der Waals surface area (Å²) in [5.41, 5.74) is 2.66. The number of nitrogens with one attached hydrogen (secondary N) is 2. The summed E-state index contributed by atoms with van der Waals surface area (Å²) >= 11 is 0. The van der Waals surface area contributed by atoms with E-state index in [9.17, 15) is 14.0 Å². The summed E-state index contributed by atoms with van der Waals surface area (Å²) in [6.07, 6.45) is 2.99. The molecule has 0 fully saturated rings. The number of aryl methyl sites for hydroxylation is 1. The normalized spacial score (nSPS) is 11.0. The van der Waals surface area contributed by atoms with Crippen molar-refractivity contribution in [1.29, 1.82) is 0 Å². The number of aromatic nitrogens is 2. The number of carbonyl (C=O) groups is 2. The Morgan fingerprint density at radius 3 is 2.33 bits per heavy atom. The predicted octanol–water partition coefficient (Wildman–Crippen LogP) is 6.13. The summed E-state index contributed by atoms with van der Waals surface area (Å²) in [5.74, 6) is 1.82. The first kappa shape index (κ1) is 28.8. The number of carbonyl (C=O) groups excluding carboxylic acids is 2. The number of methoxy groups -OCH3 is 2. The molecule has 0 bridgehead atoms. The number of anilines is 2. The summed E-state index contributed by atoms with van der Waals surface area (Å²) < 4.78 is 28.9. The molecule has 10 heteroatoms. The third kappa shape index (κ3) is 7.64. The molecule has 4 rings (SSSR count). The average molecular weight is 535 g/mol. The third-order valence-corrected chi connectivity index (χ3v) is 5.87. The molecule has 0 saturated carbocycles. The quantitative estimate of drug-likeness (QED) is 0.249. The van der Waals surface area contributed by atoms with Crippen LogP contribution in [0, 0.1) is 18.7 Å². The van der Waals surface area contributed by atoms with Gasteiger partial charge < -0.3 is 24.8 Å². The Hall–Kier alpha value is -4.73. The van der Waals surface area contributed by atoms with Crippen LogP contribution < -0.4 is 24.8 Å². The minimum absolute atomic E-state index is 0.0211. The smallest absolute Gasteiger partial charge is 0.227 e. The molecule has 2 N–H and O–H groups in total. The number of pyridine rings is 2. The molecule has 0 aliphatic heterocycles. The predicted molar refractivity (Wildman–Crippen MR) is 148 cm³/mol. The number of fused-ring (bicyclic) bond motifs is 1. The summed E-state index contributed by atoms with van der Waals surface area (Å²) in [5, 5.41) is 6.08. The first-order valence-corrected chi connectivity index (χ1v) is 12.2. The van der Waals surface area contributed by atoms with Crippen molar-refractivity contribution in [1.82, 2.24) is 9.97 Å². The highest BCUT2D eigenvalue weighted by atomic mass is 19.1. The van der Waals surface area contributed by atoms with E-state index in [1.165, 1.54) is 24.3 Å². The van der Waals surface area contributed by atoms with Crippen molar-refractivity contribution in [3.8, 4) is 23.1 Å². The van der Waals surface area contributed by atoms with E-state index in [1.54, 1.807) is 44.7 Å². The van der Waals surface area contributed by atoms with Gasteiger partial charge in [0.05, 0.1) is 31.1 Å². The minimum atomic E-state index is -0.309. The Morgan fingerprint density at radius 2 is 1.72 bits per heavy atom. The van der Waals surface area contributed by atoms with E-state index in [-0.39, 0.29) is 17.6 Å². The van der Waals surface area contributed by atoms with Crippen molar-refractivity contribution < 1.29 is 28.2 Å². The lowest BCUT2D eigenvalue weighted by atomic mass is 10.1. The topological polar surface area (TPSA) is 112 Å². The monoisotopic (exact) mass is 534 g/mol. The number of amides is 2. The molecule has 0 aliphatic carbocycles. The number of rotatable bonds is 9. The first-order chi connectivity index (χ1) is 18.8. The lowest BCUT2D eigenvalue weighted by molar-refractivity contribution is -0.119. The molecule has 39 heavy (non-hydrogen) atoms. The second-order valence-electron chi connectivity index (χ2n) is 8.49. The van der Waals surface area contributed by atoms with Crippen LogP contribution in [-0.2, 0) is 9.59 Å². The third-order valence-electron chi connectivity index (χ3n) is 5.87. The average Bonchev–Trinajstić information content (AvgIpc) is 2.95. The number of halogens is 1. The van der Waals surface area contributed by atoms with Crippen molar-refractivity contribution >= 4 is 34.6 Å². The molecule has 2 heterocycles. The molecule has 0 saturated heterocycles. The van der Waals surface area contributed by atoms with Gasteiger partial charge in [-0.25, -0.2) is 9.37 Å². The van der Waals surface area contributed by atoms with Crippen molar-refractivity contribution in [2.75, 3.05) is 24.9 Å². The molecule has 2 aromatic heterocycles. The largest absolute Gasteiger partial charge is 0.493 e. The van der Waals surface area contributed by atoms with Gasteiger partial charge in [-0.1, -0.05) is 13.8 Å². The van der Waals surface area contributed by atoms with Gasteiger partial charge in [0.25, 0.3) is 0 Å². The van der Waals surface area contributed by atoms with Gasteiger partial charge in [-0.05, 0) is 55.8 Å². The fraction of sp³-hybridized carbons (Fsp3) is 0.241.